The van der Waals surface area contributed by atoms with Gasteiger partial charge in [0.25, 0.3) is 5.91 Å². The number of hydrogen-bond donors (Lipinski definition) is 1. The van der Waals surface area contributed by atoms with Gasteiger partial charge >= 0.3 is 0 Å². The average Bonchev–Trinajstić information content (AvgIpc) is 3.03. The summed E-state index contributed by atoms with van der Waals surface area (Å²) in [6.07, 6.45) is 0.890. The van der Waals surface area contributed by atoms with Gasteiger partial charge in [0.2, 0.25) is 6.79 Å². The summed E-state index contributed by atoms with van der Waals surface area (Å²) >= 11 is 0. The molecule has 2 aromatic rings. The van der Waals surface area contributed by atoms with Crippen molar-refractivity contribution in [2.75, 3.05) is 6.79 Å². The molecule has 2 aromatic carbocycles. The van der Waals surface area contributed by atoms with Crippen molar-refractivity contribution in [1.29, 1.82) is 0 Å². The Balaban J connectivity index is 1.54. The molecule has 0 aliphatic carbocycles. The minimum atomic E-state index is -0.647. The summed E-state index contributed by atoms with van der Waals surface area (Å²) in [5.41, 5.74) is 3.25. The van der Waals surface area contributed by atoms with Crippen LogP contribution in [0.1, 0.15) is 12.5 Å². The first-order valence-electron chi connectivity index (χ1n) is 7.16. The van der Waals surface area contributed by atoms with Gasteiger partial charge in [0.15, 0.2) is 17.6 Å². The van der Waals surface area contributed by atoms with E-state index in [1.165, 1.54) is 6.21 Å². The molecule has 0 bridgehead atoms. The van der Waals surface area contributed by atoms with E-state index in [1.807, 2.05) is 24.3 Å². The van der Waals surface area contributed by atoms with Crippen LogP contribution in [0.2, 0.25) is 0 Å². The molecule has 0 spiro atoms. The van der Waals surface area contributed by atoms with Crippen molar-refractivity contribution in [3.8, 4) is 17.2 Å². The lowest BCUT2D eigenvalue weighted by atomic mass is 10.2. The third-order valence-corrected chi connectivity index (χ3v) is 3.21. The van der Waals surface area contributed by atoms with Crippen LogP contribution in [-0.4, -0.2) is 25.0 Å². The van der Waals surface area contributed by atoms with Crippen molar-refractivity contribution in [2.24, 2.45) is 5.10 Å². The van der Waals surface area contributed by atoms with Crippen LogP contribution in [0.25, 0.3) is 0 Å². The smallest absolute Gasteiger partial charge is 0.280 e. The summed E-state index contributed by atoms with van der Waals surface area (Å²) in [4.78, 5) is 11.9. The summed E-state index contributed by atoms with van der Waals surface area (Å²) in [6.45, 7) is 1.89. The summed E-state index contributed by atoms with van der Waals surface area (Å²) in [6, 6.07) is 14.6. The Labute approximate surface area is 133 Å². The van der Waals surface area contributed by atoms with Gasteiger partial charge in [-0.1, -0.05) is 18.2 Å². The molecule has 6 nitrogen and oxygen atoms in total. The van der Waals surface area contributed by atoms with E-state index in [9.17, 15) is 4.79 Å². The SMILES string of the molecule is C[C@H](Oc1ccccc1)C(=O)N/N=C/c1ccc2c(c1)OCO2. The monoisotopic (exact) mass is 312 g/mol. The lowest BCUT2D eigenvalue weighted by molar-refractivity contribution is -0.127. The largest absolute Gasteiger partial charge is 0.481 e. The Morgan fingerprint density at radius 2 is 2.00 bits per heavy atom. The molecule has 0 fully saturated rings. The average molecular weight is 312 g/mol. The first kappa shape index (κ1) is 14.9. The Morgan fingerprint density at radius 3 is 2.83 bits per heavy atom. The van der Waals surface area contributed by atoms with Gasteiger partial charge in [-0.2, -0.15) is 5.10 Å². The number of amides is 1. The van der Waals surface area contributed by atoms with Crippen molar-refractivity contribution in [3.63, 3.8) is 0 Å². The van der Waals surface area contributed by atoms with Crippen LogP contribution in [0.4, 0.5) is 0 Å². The molecule has 1 aliphatic rings. The van der Waals surface area contributed by atoms with Gasteiger partial charge < -0.3 is 14.2 Å². The first-order valence-corrected chi connectivity index (χ1v) is 7.16. The molecular weight excluding hydrogens is 296 g/mol. The number of rotatable bonds is 5. The summed E-state index contributed by atoms with van der Waals surface area (Å²) in [7, 11) is 0. The van der Waals surface area contributed by atoms with E-state index in [-0.39, 0.29) is 12.7 Å². The zero-order valence-corrected chi connectivity index (χ0v) is 12.6. The van der Waals surface area contributed by atoms with Crippen LogP contribution in [0.3, 0.4) is 0 Å². The van der Waals surface area contributed by atoms with Crippen molar-refractivity contribution in [2.45, 2.75) is 13.0 Å². The molecule has 0 radical (unpaired) electrons. The van der Waals surface area contributed by atoms with E-state index in [1.54, 1.807) is 31.2 Å². The minimum Gasteiger partial charge on any atom is -0.481 e. The molecule has 0 unspecified atom stereocenters. The predicted molar refractivity (Wildman–Crippen MR) is 84.8 cm³/mol. The highest BCUT2D eigenvalue weighted by molar-refractivity contribution is 5.85. The van der Waals surface area contributed by atoms with E-state index in [4.69, 9.17) is 14.2 Å². The number of ether oxygens (including phenoxy) is 3. The molecule has 1 heterocycles. The number of carbonyl (C=O) groups is 1. The van der Waals surface area contributed by atoms with Gasteiger partial charge in [-0.05, 0) is 42.8 Å². The van der Waals surface area contributed by atoms with Gasteiger partial charge in [0.1, 0.15) is 5.75 Å². The van der Waals surface area contributed by atoms with Gasteiger partial charge in [0, 0.05) is 0 Å². The third kappa shape index (κ3) is 3.79. The first-order chi connectivity index (χ1) is 11.2. The molecule has 3 rings (SSSR count). The number of para-hydroxylation sites is 1. The van der Waals surface area contributed by atoms with Gasteiger partial charge in [0.05, 0.1) is 6.21 Å². The van der Waals surface area contributed by atoms with Crippen molar-refractivity contribution >= 4 is 12.1 Å². The summed E-state index contributed by atoms with van der Waals surface area (Å²) < 4.78 is 16.0. The Hall–Kier alpha value is -3.02. The maximum atomic E-state index is 11.9. The molecule has 23 heavy (non-hydrogen) atoms. The lowest BCUT2D eigenvalue weighted by Gasteiger charge is -2.12. The van der Waals surface area contributed by atoms with E-state index in [0.29, 0.717) is 17.2 Å². The fourth-order valence-corrected chi connectivity index (χ4v) is 2.01. The second-order valence-corrected chi connectivity index (χ2v) is 4.92. The Morgan fingerprint density at radius 1 is 1.22 bits per heavy atom. The van der Waals surface area contributed by atoms with E-state index in [2.05, 4.69) is 10.5 Å². The number of benzene rings is 2. The number of hydrazone groups is 1. The number of nitrogens with one attached hydrogen (secondary N) is 1. The molecule has 6 heteroatoms. The Bertz CT molecular complexity index is 716. The van der Waals surface area contributed by atoms with E-state index >= 15 is 0 Å². The zero-order valence-electron chi connectivity index (χ0n) is 12.6. The van der Waals surface area contributed by atoms with Crippen molar-refractivity contribution in [3.05, 3.63) is 54.1 Å². The van der Waals surface area contributed by atoms with E-state index in [0.717, 1.165) is 5.56 Å². The van der Waals surface area contributed by atoms with Crippen LogP contribution in [0.15, 0.2) is 53.6 Å². The summed E-state index contributed by atoms with van der Waals surface area (Å²) in [5.74, 6) is 1.68. The minimum absolute atomic E-state index is 0.223. The lowest BCUT2D eigenvalue weighted by Crippen LogP contribution is -2.33. The number of fused-ring (bicyclic) bond motifs is 1. The van der Waals surface area contributed by atoms with Crippen LogP contribution in [-0.2, 0) is 4.79 Å². The highest BCUT2D eigenvalue weighted by Gasteiger charge is 2.14. The fourth-order valence-electron chi connectivity index (χ4n) is 2.01. The molecule has 118 valence electrons. The highest BCUT2D eigenvalue weighted by Crippen LogP contribution is 2.31. The number of carbonyl (C=O) groups excluding carboxylic acids is 1. The van der Waals surface area contributed by atoms with Crippen molar-refractivity contribution in [1.82, 2.24) is 5.43 Å². The van der Waals surface area contributed by atoms with Crippen LogP contribution >= 0.6 is 0 Å². The number of nitrogens with zero attached hydrogens (tertiary/aromatic N) is 1. The molecule has 1 N–H and O–H groups in total. The molecule has 0 saturated carbocycles. The van der Waals surface area contributed by atoms with Gasteiger partial charge in [-0.3, -0.25) is 4.79 Å². The maximum absolute atomic E-state index is 11.9. The molecular formula is C17H16N2O4. The van der Waals surface area contributed by atoms with E-state index < -0.39 is 6.10 Å². The molecule has 1 aliphatic heterocycles. The Kier molecular flexibility index (Phi) is 4.42. The standard InChI is InChI=1S/C17H16N2O4/c1-12(23-14-5-3-2-4-6-14)17(20)19-18-10-13-7-8-15-16(9-13)22-11-21-15/h2-10,12H,11H2,1H3,(H,19,20)/b18-10+/t12-/m0/s1. The quantitative estimate of drug-likeness (QED) is 0.679. The topological polar surface area (TPSA) is 69.2 Å². The molecule has 0 aromatic heterocycles. The van der Waals surface area contributed by atoms with Gasteiger partial charge in [-0.25, -0.2) is 5.43 Å². The molecule has 1 atom stereocenters. The highest BCUT2D eigenvalue weighted by atomic mass is 16.7. The van der Waals surface area contributed by atoms with Gasteiger partial charge in [-0.15, -0.1) is 0 Å². The van der Waals surface area contributed by atoms with Crippen LogP contribution < -0.4 is 19.6 Å². The second kappa shape index (κ2) is 6.83. The maximum Gasteiger partial charge on any atom is 0.280 e. The number of hydrogen-bond acceptors (Lipinski definition) is 5. The fraction of sp³-hybridized carbons (Fsp3) is 0.176. The predicted octanol–water partition coefficient (Wildman–Crippen LogP) is 2.33. The summed E-state index contributed by atoms with van der Waals surface area (Å²) in [5, 5.41) is 3.93. The molecule has 1 amide bonds. The van der Waals surface area contributed by atoms with Crippen molar-refractivity contribution < 1.29 is 19.0 Å². The van der Waals surface area contributed by atoms with Crippen LogP contribution in [0.5, 0.6) is 17.2 Å². The zero-order chi connectivity index (χ0) is 16.1. The second-order valence-electron chi connectivity index (χ2n) is 4.92. The normalized spacial score (nSPS) is 13.8. The van der Waals surface area contributed by atoms with Crippen LogP contribution in [0, 0.1) is 0 Å². The molecule has 0 saturated heterocycles. The third-order valence-electron chi connectivity index (χ3n) is 3.21.